The quantitative estimate of drug-likeness (QED) is 0.469. The third-order valence-corrected chi connectivity index (χ3v) is 5.54. The number of amides is 2. The second-order valence-electron chi connectivity index (χ2n) is 8.17. The van der Waals surface area contributed by atoms with Crippen molar-refractivity contribution in [2.75, 3.05) is 37.6 Å². The van der Waals surface area contributed by atoms with Crippen molar-refractivity contribution in [2.24, 2.45) is 0 Å². The van der Waals surface area contributed by atoms with E-state index in [9.17, 15) is 9.59 Å². The summed E-state index contributed by atoms with van der Waals surface area (Å²) in [5.41, 5.74) is 0.429. The molecule has 0 atom stereocenters. The molecule has 2 heterocycles. The van der Waals surface area contributed by atoms with Crippen LogP contribution in [0.1, 0.15) is 33.6 Å². The van der Waals surface area contributed by atoms with Crippen molar-refractivity contribution in [3.63, 3.8) is 0 Å². The Labute approximate surface area is 180 Å². The molecule has 0 bridgehead atoms. The number of piperazine rings is 1. The molecule has 1 aromatic rings. The van der Waals surface area contributed by atoms with Crippen molar-refractivity contribution in [1.29, 1.82) is 0 Å². The van der Waals surface area contributed by atoms with Gasteiger partial charge in [-0.05, 0) is 45.0 Å². The molecule has 8 heteroatoms. The Hall–Kier alpha value is -1.55. The summed E-state index contributed by atoms with van der Waals surface area (Å²) < 4.78 is 13.5. The van der Waals surface area contributed by atoms with Gasteiger partial charge in [-0.15, -0.1) is 0 Å². The van der Waals surface area contributed by atoms with Gasteiger partial charge in [0.1, 0.15) is 17.5 Å². The third kappa shape index (κ3) is 5.73. The fourth-order valence-electron chi connectivity index (χ4n) is 3.30. The number of carbonyl (C=O) groups is 2. The van der Waals surface area contributed by atoms with Gasteiger partial charge in [0.15, 0.2) is 0 Å². The number of carbonyl (C=O) groups excluding carboxylic acids is 2. The summed E-state index contributed by atoms with van der Waals surface area (Å²) in [5.74, 6) is 0.906. The van der Waals surface area contributed by atoms with Crippen molar-refractivity contribution in [2.45, 2.75) is 45.3 Å². The van der Waals surface area contributed by atoms with Crippen molar-refractivity contribution in [1.82, 2.24) is 8.01 Å². The fraction of sp³-hybridized carbons (Fsp3) is 0.600. The third-order valence-electron chi connectivity index (χ3n) is 4.72. The first-order valence-corrected chi connectivity index (χ1v) is 10.6. The number of hydrogen-bond acceptors (Lipinski definition) is 5. The molecule has 0 N–H and O–H groups in total. The van der Waals surface area contributed by atoms with Gasteiger partial charge in [0.2, 0.25) is 5.91 Å². The van der Waals surface area contributed by atoms with Gasteiger partial charge in [0, 0.05) is 67.6 Å². The molecule has 154 valence electrons. The molecule has 7 nitrogen and oxygen atoms in total. The normalized spacial score (nSPS) is 19.6. The molecule has 2 saturated heterocycles. The molecule has 0 aromatic heterocycles. The second-order valence-corrected chi connectivity index (χ2v) is 9.53. The summed E-state index contributed by atoms with van der Waals surface area (Å²) in [6, 6.07) is 7.70. The number of likely N-dealkylation sites (tertiary alicyclic amines) is 1. The largest absolute Gasteiger partial charge is 0.490 e. The van der Waals surface area contributed by atoms with E-state index >= 15 is 0 Å². The Morgan fingerprint density at radius 2 is 1.71 bits per heavy atom. The Kier molecular flexibility index (Phi) is 6.69. The topological polar surface area (TPSA) is 62.3 Å². The van der Waals surface area contributed by atoms with Crippen LogP contribution in [-0.4, -0.2) is 64.4 Å². The highest BCUT2D eigenvalue weighted by Gasteiger charge is 2.28. The molecule has 28 heavy (non-hydrogen) atoms. The zero-order chi connectivity index (χ0) is 20.3. The van der Waals surface area contributed by atoms with Crippen LogP contribution in [0.15, 0.2) is 24.3 Å². The maximum Gasteiger partial charge on any atom is 0.410 e. The average molecular weight is 501 g/mol. The molecule has 1 aromatic carbocycles. The Bertz CT molecular complexity index is 696. The molecule has 0 aliphatic carbocycles. The number of hydrogen-bond donors (Lipinski definition) is 0. The minimum atomic E-state index is -0.475. The first kappa shape index (κ1) is 21.2. The zero-order valence-electron chi connectivity index (χ0n) is 16.7. The van der Waals surface area contributed by atoms with E-state index in [1.54, 1.807) is 4.90 Å². The van der Waals surface area contributed by atoms with Crippen LogP contribution in [-0.2, 0) is 9.53 Å². The Morgan fingerprint density at radius 3 is 2.29 bits per heavy atom. The number of ether oxygens (including phenoxy) is 2. The van der Waals surface area contributed by atoms with E-state index in [2.05, 4.69) is 22.9 Å². The van der Waals surface area contributed by atoms with Gasteiger partial charge >= 0.3 is 6.09 Å². The Balaban J connectivity index is 1.49. The summed E-state index contributed by atoms with van der Waals surface area (Å²) in [6.45, 7) is 8.89. The molecule has 2 aliphatic heterocycles. The van der Waals surface area contributed by atoms with E-state index in [0.717, 1.165) is 30.8 Å². The number of rotatable bonds is 3. The molecule has 2 aliphatic rings. The van der Waals surface area contributed by atoms with Crippen LogP contribution in [0, 0.1) is 0 Å². The van der Waals surface area contributed by atoms with Crippen molar-refractivity contribution in [3.05, 3.63) is 24.3 Å². The lowest BCUT2D eigenvalue weighted by atomic mass is 10.1. The fourth-order valence-corrected chi connectivity index (χ4v) is 3.80. The van der Waals surface area contributed by atoms with Crippen LogP contribution in [0.25, 0.3) is 0 Å². The van der Waals surface area contributed by atoms with E-state index in [0.29, 0.717) is 26.2 Å². The van der Waals surface area contributed by atoms with E-state index in [1.807, 2.05) is 53.0 Å². The number of benzene rings is 1. The van der Waals surface area contributed by atoms with Gasteiger partial charge in [0.25, 0.3) is 0 Å². The minimum Gasteiger partial charge on any atom is -0.490 e. The Morgan fingerprint density at radius 1 is 1.07 bits per heavy atom. The predicted molar refractivity (Wildman–Crippen MR) is 116 cm³/mol. The molecule has 2 amide bonds. The lowest BCUT2D eigenvalue weighted by molar-refractivity contribution is -0.119. The summed E-state index contributed by atoms with van der Waals surface area (Å²) in [5, 5.41) is 0. The summed E-state index contributed by atoms with van der Waals surface area (Å²) in [7, 11) is 0. The molecular formula is C20H28IN3O4. The van der Waals surface area contributed by atoms with E-state index in [-0.39, 0.29) is 18.1 Å². The van der Waals surface area contributed by atoms with Gasteiger partial charge in [-0.25, -0.2) is 7.91 Å². The van der Waals surface area contributed by atoms with Gasteiger partial charge in [-0.2, -0.15) is 0 Å². The first-order chi connectivity index (χ1) is 13.2. The highest BCUT2D eigenvalue weighted by molar-refractivity contribution is 14.1. The predicted octanol–water partition coefficient (Wildman–Crippen LogP) is 3.46. The number of nitrogens with zero attached hydrogens (tertiary/aromatic N) is 3. The summed E-state index contributed by atoms with van der Waals surface area (Å²) >= 11 is 2.18. The lowest BCUT2D eigenvalue weighted by Gasteiger charge is -2.33. The maximum absolute atomic E-state index is 12.2. The van der Waals surface area contributed by atoms with Crippen molar-refractivity contribution >= 4 is 40.6 Å². The van der Waals surface area contributed by atoms with Crippen LogP contribution in [0.5, 0.6) is 5.75 Å². The molecule has 3 rings (SSSR count). The number of anilines is 1. The van der Waals surface area contributed by atoms with Crippen molar-refractivity contribution < 1.29 is 19.1 Å². The summed E-state index contributed by atoms with van der Waals surface area (Å²) in [4.78, 5) is 27.9. The van der Waals surface area contributed by atoms with Gasteiger partial charge in [0.05, 0.1) is 6.54 Å². The standard InChI is InChI=1S/C20H28IN3O4/c1-20(2,3)28-19(26)22-10-8-17(9-11-22)27-16-6-4-15(5-7-16)24-13-12-23(21)14-18(24)25/h4-7,17H,8-14H2,1-3H3. The molecule has 0 saturated carbocycles. The van der Waals surface area contributed by atoms with Crippen LogP contribution in [0.3, 0.4) is 0 Å². The smallest absolute Gasteiger partial charge is 0.410 e. The first-order valence-electron chi connectivity index (χ1n) is 9.67. The number of piperidine rings is 1. The average Bonchev–Trinajstić information content (AvgIpc) is 2.62. The van der Waals surface area contributed by atoms with Gasteiger partial charge < -0.3 is 19.3 Å². The molecular weight excluding hydrogens is 473 g/mol. The van der Waals surface area contributed by atoms with E-state index in [4.69, 9.17) is 9.47 Å². The monoisotopic (exact) mass is 501 g/mol. The maximum atomic E-state index is 12.2. The van der Waals surface area contributed by atoms with Crippen LogP contribution >= 0.6 is 22.9 Å². The van der Waals surface area contributed by atoms with Crippen LogP contribution < -0.4 is 9.64 Å². The molecule has 0 radical (unpaired) electrons. The molecule has 2 fully saturated rings. The molecule has 0 spiro atoms. The number of halogens is 1. The van der Waals surface area contributed by atoms with Gasteiger partial charge in [-0.3, -0.25) is 4.79 Å². The highest BCUT2D eigenvalue weighted by atomic mass is 127. The van der Waals surface area contributed by atoms with Gasteiger partial charge in [-0.1, -0.05) is 0 Å². The molecule has 0 unspecified atom stereocenters. The van der Waals surface area contributed by atoms with Crippen molar-refractivity contribution in [3.8, 4) is 5.75 Å². The van der Waals surface area contributed by atoms with E-state index in [1.165, 1.54) is 0 Å². The SMILES string of the molecule is CC(C)(C)OC(=O)N1CCC(Oc2ccc(N3CCN(I)CC3=O)cc2)CC1. The lowest BCUT2D eigenvalue weighted by Crippen LogP contribution is -2.46. The summed E-state index contributed by atoms with van der Waals surface area (Å²) in [6.07, 6.45) is 1.37. The highest BCUT2D eigenvalue weighted by Crippen LogP contribution is 2.25. The second kappa shape index (κ2) is 8.86. The van der Waals surface area contributed by atoms with Crippen LogP contribution in [0.2, 0.25) is 0 Å². The minimum absolute atomic E-state index is 0.0775. The van der Waals surface area contributed by atoms with E-state index < -0.39 is 5.60 Å². The zero-order valence-corrected chi connectivity index (χ0v) is 18.8. The van der Waals surface area contributed by atoms with Crippen LogP contribution in [0.4, 0.5) is 10.5 Å².